The number of ether oxygens (including phenoxy) is 1. The summed E-state index contributed by atoms with van der Waals surface area (Å²) in [6.45, 7) is 5.70. The fourth-order valence-corrected chi connectivity index (χ4v) is 4.99. The molecule has 1 atom stereocenters. The summed E-state index contributed by atoms with van der Waals surface area (Å²) in [5.41, 5.74) is -1.03. The van der Waals surface area contributed by atoms with Crippen LogP contribution in [0.3, 0.4) is 0 Å². The van der Waals surface area contributed by atoms with Gasteiger partial charge in [0, 0.05) is 39.7 Å². The second kappa shape index (κ2) is 10.1. The minimum absolute atomic E-state index is 0.0383. The molecule has 0 unspecified atom stereocenters. The van der Waals surface area contributed by atoms with Crippen molar-refractivity contribution in [3.8, 4) is 0 Å². The van der Waals surface area contributed by atoms with E-state index in [2.05, 4.69) is 15.3 Å². The van der Waals surface area contributed by atoms with Crippen LogP contribution in [0.5, 0.6) is 0 Å². The van der Waals surface area contributed by atoms with Gasteiger partial charge in [-0.05, 0) is 32.8 Å². The first-order chi connectivity index (χ1) is 17.5. The van der Waals surface area contributed by atoms with E-state index in [1.165, 1.54) is 23.6 Å². The number of rotatable bonds is 6. The van der Waals surface area contributed by atoms with Crippen molar-refractivity contribution >= 4 is 22.8 Å². The van der Waals surface area contributed by atoms with Crippen molar-refractivity contribution in [3.05, 3.63) is 63.0 Å². The lowest BCUT2D eigenvalue weighted by atomic mass is 9.84. The number of nitrogens with one attached hydrogen (secondary N) is 1. The van der Waals surface area contributed by atoms with Crippen LogP contribution in [0.1, 0.15) is 61.7 Å². The highest BCUT2D eigenvalue weighted by molar-refractivity contribution is 5.87. The van der Waals surface area contributed by atoms with Crippen molar-refractivity contribution in [2.24, 2.45) is 7.05 Å². The number of hydrogen-bond donors (Lipinski definition) is 1. The summed E-state index contributed by atoms with van der Waals surface area (Å²) < 4.78 is 48.7. The SMILES string of the molecule is COC1(c2cc3c(N[C@H](C)c4cccc(C(F)F)c4F)nc(C)nc3n(C)c2=O)CCN(C(C)=O)CC1. The van der Waals surface area contributed by atoms with Gasteiger partial charge in [0.1, 0.15) is 28.7 Å². The summed E-state index contributed by atoms with van der Waals surface area (Å²) in [4.78, 5) is 36.0. The van der Waals surface area contributed by atoms with Gasteiger partial charge < -0.3 is 15.0 Å². The van der Waals surface area contributed by atoms with Gasteiger partial charge in [0.25, 0.3) is 12.0 Å². The molecule has 8 nitrogen and oxygen atoms in total. The average molecular weight is 518 g/mol. The maximum Gasteiger partial charge on any atom is 0.266 e. The molecular formula is C26H30F3N5O3. The Morgan fingerprint density at radius 3 is 2.43 bits per heavy atom. The Morgan fingerprint density at radius 2 is 1.84 bits per heavy atom. The van der Waals surface area contributed by atoms with E-state index in [1.54, 1.807) is 39.0 Å². The predicted octanol–water partition coefficient (Wildman–Crippen LogP) is 4.37. The quantitative estimate of drug-likeness (QED) is 0.522. The van der Waals surface area contributed by atoms with Gasteiger partial charge in [0.05, 0.1) is 22.6 Å². The molecule has 0 aliphatic carbocycles. The summed E-state index contributed by atoms with van der Waals surface area (Å²) in [7, 11) is 3.15. The maximum atomic E-state index is 14.8. The lowest BCUT2D eigenvalue weighted by Gasteiger charge is -2.40. The molecule has 1 aromatic carbocycles. The number of aromatic nitrogens is 3. The van der Waals surface area contributed by atoms with E-state index in [0.29, 0.717) is 54.2 Å². The van der Waals surface area contributed by atoms with E-state index in [1.807, 2.05) is 0 Å². The summed E-state index contributed by atoms with van der Waals surface area (Å²) in [6.07, 6.45) is -2.08. The minimum Gasteiger partial charge on any atom is -0.373 e. The molecule has 2 aromatic heterocycles. The van der Waals surface area contributed by atoms with E-state index in [0.717, 1.165) is 6.07 Å². The number of pyridine rings is 1. The van der Waals surface area contributed by atoms with E-state index in [-0.39, 0.29) is 17.0 Å². The first-order valence-electron chi connectivity index (χ1n) is 12.0. The molecule has 1 aliphatic heterocycles. The minimum atomic E-state index is -2.94. The van der Waals surface area contributed by atoms with Crippen LogP contribution in [-0.4, -0.2) is 45.5 Å². The number of hydrogen-bond acceptors (Lipinski definition) is 6. The highest BCUT2D eigenvalue weighted by Gasteiger charge is 2.40. The Hall–Kier alpha value is -3.47. The molecular weight excluding hydrogens is 487 g/mol. The molecule has 1 saturated heterocycles. The molecule has 3 heterocycles. The molecule has 11 heteroatoms. The predicted molar refractivity (Wildman–Crippen MR) is 133 cm³/mol. The monoisotopic (exact) mass is 517 g/mol. The van der Waals surface area contributed by atoms with Crippen LogP contribution in [0.2, 0.25) is 0 Å². The van der Waals surface area contributed by atoms with Gasteiger partial charge in [-0.1, -0.05) is 18.2 Å². The molecule has 1 fully saturated rings. The van der Waals surface area contributed by atoms with Crippen molar-refractivity contribution in [3.63, 3.8) is 0 Å². The van der Waals surface area contributed by atoms with Crippen molar-refractivity contribution in [1.29, 1.82) is 0 Å². The number of nitrogens with zero attached hydrogens (tertiary/aromatic N) is 4. The highest BCUT2D eigenvalue weighted by atomic mass is 19.3. The van der Waals surface area contributed by atoms with Crippen LogP contribution in [0.25, 0.3) is 11.0 Å². The smallest absolute Gasteiger partial charge is 0.266 e. The van der Waals surface area contributed by atoms with Crippen LogP contribution < -0.4 is 10.9 Å². The fraction of sp³-hybridized carbons (Fsp3) is 0.462. The van der Waals surface area contributed by atoms with Crippen molar-refractivity contribution in [2.45, 2.75) is 51.7 Å². The Labute approximate surface area is 212 Å². The molecule has 3 aromatic rings. The van der Waals surface area contributed by atoms with Crippen molar-refractivity contribution in [2.75, 3.05) is 25.5 Å². The number of alkyl halides is 2. The molecule has 0 bridgehead atoms. The highest BCUT2D eigenvalue weighted by Crippen LogP contribution is 2.37. The summed E-state index contributed by atoms with van der Waals surface area (Å²) in [5.74, 6) is -0.302. The maximum absolute atomic E-state index is 14.8. The topological polar surface area (TPSA) is 89.3 Å². The zero-order valence-electron chi connectivity index (χ0n) is 21.4. The molecule has 1 aliphatic rings. The first kappa shape index (κ1) is 26.6. The number of methoxy groups -OCH3 is 1. The molecule has 1 amide bonds. The third kappa shape index (κ3) is 4.79. The van der Waals surface area contributed by atoms with Crippen molar-refractivity contribution in [1.82, 2.24) is 19.4 Å². The lowest BCUT2D eigenvalue weighted by molar-refractivity contribution is -0.135. The second-order valence-electron chi connectivity index (χ2n) is 9.40. The van der Waals surface area contributed by atoms with Crippen LogP contribution in [0.4, 0.5) is 19.0 Å². The number of carbonyl (C=O) groups is 1. The zero-order valence-corrected chi connectivity index (χ0v) is 21.4. The van der Waals surface area contributed by atoms with Gasteiger partial charge in [-0.15, -0.1) is 0 Å². The summed E-state index contributed by atoms with van der Waals surface area (Å²) >= 11 is 0. The number of benzene rings is 1. The van der Waals surface area contributed by atoms with Gasteiger partial charge >= 0.3 is 0 Å². The number of likely N-dealkylation sites (tertiary alicyclic amines) is 1. The molecule has 0 radical (unpaired) electrons. The molecule has 0 spiro atoms. The summed E-state index contributed by atoms with van der Waals surface area (Å²) in [5, 5.41) is 3.64. The van der Waals surface area contributed by atoms with Gasteiger partial charge in [-0.2, -0.15) is 0 Å². The number of anilines is 1. The average Bonchev–Trinajstić information content (AvgIpc) is 2.86. The number of piperidine rings is 1. The zero-order chi connectivity index (χ0) is 27.1. The Balaban J connectivity index is 1.81. The molecule has 1 N–H and O–H groups in total. The van der Waals surface area contributed by atoms with E-state index < -0.39 is 29.4 Å². The van der Waals surface area contributed by atoms with Crippen molar-refractivity contribution < 1.29 is 22.7 Å². The standard InChI is InChI=1S/C26H30F3N5O3/c1-14(17-7-6-8-18(21(17)27)22(28)29)30-23-19-13-20(25(36)33(4)24(19)32-15(2)31-23)26(37-5)9-11-34(12-10-26)16(3)35/h6-8,13-14,22H,9-12H2,1-5H3,(H,30,31,32)/t14-/m1/s1. The van der Waals surface area contributed by atoms with E-state index >= 15 is 0 Å². The van der Waals surface area contributed by atoms with Crippen LogP contribution in [0.15, 0.2) is 29.1 Å². The number of aryl methyl sites for hydroxylation is 2. The van der Waals surface area contributed by atoms with E-state index in [4.69, 9.17) is 4.74 Å². The van der Waals surface area contributed by atoms with Gasteiger partial charge in [0.15, 0.2) is 0 Å². The Kier molecular flexibility index (Phi) is 7.27. The molecule has 37 heavy (non-hydrogen) atoms. The molecule has 4 rings (SSSR count). The molecule has 198 valence electrons. The third-order valence-electron chi connectivity index (χ3n) is 7.19. The number of halogens is 3. The Morgan fingerprint density at radius 1 is 1.19 bits per heavy atom. The lowest BCUT2D eigenvalue weighted by Crippen LogP contribution is -2.48. The largest absolute Gasteiger partial charge is 0.373 e. The van der Waals surface area contributed by atoms with Crippen LogP contribution in [0, 0.1) is 12.7 Å². The Bertz CT molecular complexity index is 1400. The number of fused-ring (bicyclic) bond motifs is 1. The summed E-state index contributed by atoms with van der Waals surface area (Å²) in [6, 6.07) is 4.86. The second-order valence-corrected chi connectivity index (χ2v) is 9.40. The van der Waals surface area contributed by atoms with Crippen LogP contribution in [-0.2, 0) is 22.2 Å². The van der Waals surface area contributed by atoms with E-state index in [9.17, 15) is 22.8 Å². The fourth-order valence-electron chi connectivity index (χ4n) is 4.99. The van der Waals surface area contributed by atoms with Gasteiger partial charge in [0.2, 0.25) is 5.91 Å². The normalized spacial score (nSPS) is 16.3. The third-order valence-corrected chi connectivity index (χ3v) is 7.19. The molecule has 0 saturated carbocycles. The number of carbonyl (C=O) groups excluding carboxylic acids is 1. The van der Waals surface area contributed by atoms with Gasteiger partial charge in [-0.25, -0.2) is 23.1 Å². The van der Waals surface area contributed by atoms with Gasteiger partial charge in [-0.3, -0.25) is 14.2 Å². The number of amides is 1. The first-order valence-corrected chi connectivity index (χ1v) is 12.0. The van der Waals surface area contributed by atoms with Crippen LogP contribution >= 0.6 is 0 Å².